The molecule has 0 unspecified atom stereocenters. The molecule has 0 aliphatic rings. The largest absolute Gasteiger partial charge is 0.389 e. The molecule has 3 aromatic rings. The summed E-state index contributed by atoms with van der Waals surface area (Å²) in [5.74, 6) is -0.616. The quantitative estimate of drug-likeness (QED) is 0.540. The normalized spacial score (nSPS) is 10.7. The first-order valence-electron chi connectivity index (χ1n) is 7.99. The number of carbonyl (C=O) groups excluding carboxylic acids is 1. The highest BCUT2D eigenvalue weighted by molar-refractivity contribution is 5.91. The fourth-order valence-corrected chi connectivity index (χ4v) is 2.65. The number of nitrogens with one attached hydrogen (secondary N) is 1. The van der Waals surface area contributed by atoms with Crippen LogP contribution in [0.2, 0.25) is 0 Å². The lowest BCUT2D eigenvalue weighted by Gasteiger charge is -2.07. The van der Waals surface area contributed by atoms with Crippen LogP contribution >= 0.6 is 0 Å². The Hall–Kier alpha value is -3.49. The second-order valence-corrected chi connectivity index (χ2v) is 5.87. The van der Waals surface area contributed by atoms with Crippen molar-refractivity contribution in [2.45, 2.75) is 26.9 Å². The van der Waals surface area contributed by atoms with Gasteiger partial charge in [0, 0.05) is 0 Å². The molecule has 1 amide bonds. The van der Waals surface area contributed by atoms with E-state index >= 15 is 0 Å². The molecule has 9 nitrogen and oxygen atoms in total. The number of amides is 1. The third-order valence-corrected chi connectivity index (χ3v) is 3.94. The molecular weight excluding hydrogens is 336 g/mol. The smallest absolute Gasteiger partial charge is 0.358 e. The van der Waals surface area contributed by atoms with E-state index in [9.17, 15) is 14.9 Å². The zero-order valence-electron chi connectivity index (χ0n) is 14.4. The van der Waals surface area contributed by atoms with Crippen LogP contribution in [0.15, 0.2) is 42.6 Å². The van der Waals surface area contributed by atoms with Crippen LogP contribution in [0.25, 0.3) is 0 Å². The van der Waals surface area contributed by atoms with Crippen molar-refractivity contribution < 1.29 is 9.72 Å². The molecule has 0 spiro atoms. The Morgan fingerprint density at radius 3 is 2.58 bits per heavy atom. The summed E-state index contributed by atoms with van der Waals surface area (Å²) in [4.78, 5) is 22.3. The number of benzene rings is 1. The highest BCUT2D eigenvalue weighted by atomic mass is 16.6. The molecule has 0 saturated carbocycles. The van der Waals surface area contributed by atoms with Crippen LogP contribution in [-0.2, 0) is 17.9 Å². The van der Waals surface area contributed by atoms with E-state index in [1.807, 2.05) is 48.9 Å². The summed E-state index contributed by atoms with van der Waals surface area (Å²) in [5.41, 5.74) is 3.30. The van der Waals surface area contributed by atoms with E-state index in [4.69, 9.17) is 0 Å². The minimum Gasteiger partial charge on any atom is -0.358 e. The van der Waals surface area contributed by atoms with Crippen LogP contribution in [0.5, 0.6) is 0 Å². The number of hydrogen-bond donors (Lipinski definition) is 1. The van der Waals surface area contributed by atoms with E-state index < -0.39 is 4.92 Å². The fraction of sp³-hybridized carbons (Fsp3) is 0.235. The van der Waals surface area contributed by atoms with Crippen molar-refractivity contribution in [2.75, 3.05) is 5.32 Å². The maximum Gasteiger partial charge on any atom is 0.389 e. The maximum atomic E-state index is 12.3. The molecule has 1 N–H and O–H groups in total. The molecule has 0 fully saturated rings. The molecule has 1 aromatic carbocycles. The number of aryl methyl sites for hydroxylation is 1. The van der Waals surface area contributed by atoms with Crippen molar-refractivity contribution >= 4 is 17.4 Å². The molecule has 0 aliphatic carbocycles. The Morgan fingerprint density at radius 2 is 1.92 bits per heavy atom. The number of nitro groups is 1. The van der Waals surface area contributed by atoms with Crippen LogP contribution in [0.3, 0.4) is 0 Å². The molecule has 0 atom stereocenters. The predicted molar refractivity (Wildman–Crippen MR) is 94.8 cm³/mol. The highest BCUT2D eigenvalue weighted by Gasteiger charge is 2.17. The van der Waals surface area contributed by atoms with Crippen LogP contribution in [0.1, 0.15) is 17.0 Å². The summed E-state index contributed by atoms with van der Waals surface area (Å²) in [5, 5.41) is 21.7. The number of hydrogen-bond acceptors (Lipinski definition) is 5. The molecule has 0 aliphatic heterocycles. The van der Waals surface area contributed by atoms with Crippen molar-refractivity contribution in [1.82, 2.24) is 19.6 Å². The molecule has 134 valence electrons. The van der Waals surface area contributed by atoms with E-state index in [1.165, 1.54) is 16.9 Å². The van der Waals surface area contributed by atoms with Gasteiger partial charge in [-0.25, -0.2) is 0 Å². The first kappa shape index (κ1) is 17.3. The van der Waals surface area contributed by atoms with Gasteiger partial charge >= 0.3 is 5.82 Å². The van der Waals surface area contributed by atoms with Crippen LogP contribution < -0.4 is 5.32 Å². The average molecular weight is 354 g/mol. The molecule has 9 heteroatoms. The van der Waals surface area contributed by atoms with E-state index in [2.05, 4.69) is 15.5 Å². The first-order chi connectivity index (χ1) is 12.4. The van der Waals surface area contributed by atoms with Gasteiger partial charge in [-0.3, -0.25) is 9.48 Å². The lowest BCUT2D eigenvalue weighted by Crippen LogP contribution is -2.20. The van der Waals surface area contributed by atoms with Gasteiger partial charge in [0.15, 0.2) is 0 Å². The first-order valence-corrected chi connectivity index (χ1v) is 7.99. The highest BCUT2D eigenvalue weighted by Crippen LogP contribution is 2.20. The minimum absolute atomic E-state index is 0.114. The Kier molecular flexibility index (Phi) is 4.78. The Morgan fingerprint density at radius 1 is 1.19 bits per heavy atom. The summed E-state index contributed by atoms with van der Waals surface area (Å²) in [6.45, 7) is 4.20. The summed E-state index contributed by atoms with van der Waals surface area (Å²) in [7, 11) is 0. The van der Waals surface area contributed by atoms with Gasteiger partial charge in [0.1, 0.15) is 6.54 Å². The molecule has 3 rings (SSSR count). The third kappa shape index (κ3) is 3.77. The molecule has 26 heavy (non-hydrogen) atoms. The number of aromatic nitrogens is 4. The topological polar surface area (TPSA) is 108 Å². The van der Waals surface area contributed by atoms with Crippen molar-refractivity contribution in [2.24, 2.45) is 0 Å². The van der Waals surface area contributed by atoms with Gasteiger partial charge < -0.3 is 15.4 Å². The number of rotatable bonds is 6. The molecule has 2 heterocycles. The van der Waals surface area contributed by atoms with Crippen LogP contribution in [-0.4, -0.2) is 30.4 Å². The van der Waals surface area contributed by atoms with E-state index in [0.717, 1.165) is 11.3 Å². The number of nitrogens with zero attached hydrogens (tertiary/aromatic N) is 5. The lowest BCUT2D eigenvalue weighted by molar-refractivity contribution is -0.389. The van der Waals surface area contributed by atoms with Gasteiger partial charge in [-0.15, -0.1) is 0 Å². The van der Waals surface area contributed by atoms with E-state index in [0.29, 0.717) is 17.9 Å². The molecule has 0 bridgehead atoms. The zero-order chi connectivity index (χ0) is 18.7. The lowest BCUT2D eigenvalue weighted by atomic mass is 10.2. The van der Waals surface area contributed by atoms with Gasteiger partial charge in [-0.1, -0.05) is 30.3 Å². The third-order valence-electron chi connectivity index (χ3n) is 3.94. The van der Waals surface area contributed by atoms with Crippen molar-refractivity contribution in [1.29, 1.82) is 0 Å². The van der Waals surface area contributed by atoms with Gasteiger partial charge in [-0.05, 0) is 24.3 Å². The number of carbonyl (C=O) groups is 1. The summed E-state index contributed by atoms with van der Waals surface area (Å²) in [6.07, 6.45) is 1.40. The summed E-state index contributed by atoms with van der Waals surface area (Å²) in [6, 6.07) is 11.2. The molecule has 0 radical (unpaired) electrons. The Labute approximate surface area is 149 Å². The minimum atomic E-state index is -0.601. The van der Waals surface area contributed by atoms with Gasteiger partial charge in [0.05, 0.1) is 41.0 Å². The maximum absolute atomic E-state index is 12.3. The van der Waals surface area contributed by atoms with Crippen molar-refractivity contribution in [3.63, 3.8) is 0 Å². The van der Waals surface area contributed by atoms with Crippen LogP contribution in [0, 0.1) is 24.0 Å². The second-order valence-electron chi connectivity index (χ2n) is 5.87. The molecular formula is C17H18N6O3. The second kappa shape index (κ2) is 7.18. The standard InChI is InChI=1S/C17H18N6O3/c1-12-17(13(2)22(19-12)10-14-6-4-3-5-7-14)18-16(24)11-21-9-8-15(20-21)23(25)26/h3-9H,10-11H2,1-2H3,(H,18,24). The van der Waals surface area contributed by atoms with E-state index in [1.54, 1.807) is 0 Å². The van der Waals surface area contributed by atoms with Crippen LogP contribution in [0.4, 0.5) is 11.5 Å². The van der Waals surface area contributed by atoms with E-state index in [-0.39, 0.29) is 18.3 Å². The Balaban J connectivity index is 1.71. The van der Waals surface area contributed by atoms with Gasteiger partial charge in [0.25, 0.3) is 0 Å². The summed E-state index contributed by atoms with van der Waals surface area (Å²) < 4.78 is 3.06. The van der Waals surface area contributed by atoms with Gasteiger partial charge in [0.2, 0.25) is 5.91 Å². The monoisotopic (exact) mass is 354 g/mol. The number of anilines is 1. The Bertz CT molecular complexity index is 945. The van der Waals surface area contributed by atoms with Gasteiger partial charge in [-0.2, -0.15) is 9.78 Å². The van der Waals surface area contributed by atoms with Crippen molar-refractivity contribution in [3.05, 3.63) is 69.7 Å². The summed E-state index contributed by atoms with van der Waals surface area (Å²) >= 11 is 0. The predicted octanol–water partition coefficient (Wildman–Crippen LogP) is 2.29. The SMILES string of the molecule is Cc1nn(Cc2ccccc2)c(C)c1NC(=O)Cn1ccc([N+](=O)[O-])n1. The van der Waals surface area contributed by atoms with Crippen molar-refractivity contribution in [3.8, 4) is 0 Å². The molecule has 0 saturated heterocycles. The zero-order valence-corrected chi connectivity index (χ0v) is 14.4. The fourth-order valence-electron chi connectivity index (χ4n) is 2.65. The molecule has 2 aromatic heterocycles. The average Bonchev–Trinajstić information content (AvgIpc) is 3.17.